The van der Waals surface area contributed by atoms with Gasteiger partial charge in [-0.1, -0.05) is 0 Å². The fourth-order valence-electron chi connectivity index (χ4n) is 3.01. The molecule has 5 heteroatoms. The van der Waals surface area contributed by atoms with Crippen molar-refractivity contribution in [3.63, 3.8) is 0 Å². The molecule has 3 nitrogen and oxygen atoms in total. The van der Waals surface area contributed by atoms with Crippen molar-refractivity contribution >= 4 is 0 Å². The number of nitrogens with zero attached hydrogens (tertiary/aromatic N) is 1. The smallest absolute Gasteiger partial charge is 0.129 e. The summed E-state index contributed by atoms with van der Waals surface area (Å²) in [7, 11) is 0. The summed E-state index contributed by atoms with van der Waals surface area (Å²) in [6.45, 7) is 4.69. The zero-order chi connectivity index (χ0) is 13.2. The Morgan fingerprint density at radius 2 is 2.05 bits per heavy atom. The Kier molecular flexibility index (Phi) is 3.66. The van der Waals surface area contributed by atoms with Gasteiger partial charge in [0, 0.05) is 56.3 Å². The molecule has 0 spiro atoms. The SMILES string of the molecule is Fc1cc(F)cc(OC[C@H]2C[C@H]3CNCCN3C2)c1. The first-order valence-electron chi connectivity index (χ1n) is 6.74. The Balaban J connectivity index is 1.55. The third-order valence-electron chi connectivity index (χ3n) is 3.89. The standard InChI is InChI=1S/C14H18F2N2O/c15-11-4-12(16)6-14(5-11)19-9-10-3-13-7-17-1-2-18(13)8-10/h4-6,10,13,17H,1-3,7-9H2/t10-,13-/m0/s1. The number of ether oxygens (including phenoxy) is 1. The van der Waals surface area contributed by atoms with E-state index in [0.717, 1.165) is 38.7 Å². The molecule has 2 aliphatic rings. The first-order valence-corrected chi connectivity index (χ1v) is 6.74. The highest BCUT2D eigenvalue weighted by Gasteiger charge is 2.33. The summed E-state index contributed by atoms with van der Waals surface area (Å²) in [6, 6.07) is 3.90. The van der Waals surface area contributed by atoms with Crippen molar-refractivity contribution < 1.29 is 13.5 Å². The molecule has 0 aromatic heterocycles. The molecule has 1 N–H and O–H groups in total. The molecule has 2 saturated heterocycles. The van der Waals surface area contributed by atoms with Crippen molar-refractivity contribution in [2.24, 2.45) is 5.92 Å². The first-order chi connectivity index (χ1) is 9.20. The van der Waals surface area contributed by atoms with Crippen molar-refractivity contribution in [1.82, 2.24) is 10.2 Å². The summed E-state index contributed by atoms with van der Waals surface area (Å²) in [5, 5.41) is 3.38. The van der Waals surface area contributed by atoms with E-state index in [-0.39, 0.29) is 5.75 Å². The van der Waals surface area contributed by atoms with E-state index in [2.05, 4.69) is 10.2 Å². The third-order valence-corrected chi connectivity index (χ3v) is 3.89. The second-order valence-electron chi connectivity index (χ2n) is 5.37. The lowest BCUT2D eigenvalue weighted by Crippen LogP contribution is -2.47. The van der Waals surface area contributed by atoms with Gasteiger partial charge in [-0.15, -0.1) is 0 Å². The predicted octanol–water partition coefficient (Wildman–Crippen LogP) is 1.64. The van der Waals surface area contributed by atoms with E-state index in [1.807, 2.05) is 0 Å². The van der Waals surface area contributed by atoms with Crippen LogP contribution in [0.4, 0.5) is 8.78 Å². The average Bonchev–Trinajstić information content (AvgIpc) is 2.78. The van der Waals surface area contributed by atoms with Crippen molar-refractivity contribution in [2.75, 3.05) is 32.8 Å². The lowest BCUT2D eigenvalue weighted by molar-refractivity contribution is 0.203. The van der Waals surface area contributed by atoms with Crippen molar-refractivity contribution in [3.8, 4) is 5.75 Å². The van der Waals surface area contributed by atoms with Gasteiger partial charge in [-0.25, -0.2) is 8.78 Å². The molecule has 1 aromatic rings. The van der Waals surface area contributed by atoms with E-state index in [4.69, 9.17) is 4.74 Å². The predicted molar refractivity (Wildman–Crippen MR) is 68.2 cm³/mol. The highest BCUT2D eigenvalue weighted by atomic mass is 19.1. The van der Waals surface area contributed by atoms with Gasteiger partial charge in [-0.2, -0.15) is 0 Å². The van der Waals surface area contributed by atoms with E-state index in [1.165, 1.54) is 12.1 Å². The molecule has 2 fully saturated rings. The maximum absolute atomic E-state index is 13.0. The van der Waals surface area contributed by atoms with E-state index in [9.17, 15) is 8.78 Å². The van der Waals surface area contributed by atoms with E-state index in [1.54, 1.807) is 0 Å². The van der Waals surface area contributed by atoms with Gasteiger partial charge in [0.1, 0.15) is 17.4 Å². The Morgan fingerprint density at radius 1 is 1.26 bits per heavy atom. The molecular weight excluding hydrogens is 250 g/mol. The second-order valence-corrected chi connectivity index (χ2v) is 5.37. The lowest BCUT2D eigenvalue weighted by atomic mass is 10.1. The van der Waals surface area contributed by atoms with Crippen LogP contribution in [0.5, 0.6) is 5.75 Å². The number of halogens is 2. The number of nitrogens with one attached hydrogen (secondary N) is 1. The highest BCUT2D eigenvalue weighted by Crippen LogP contribution is 2.25. The Morgan fingerprint density at radius 3 is 2.79 bits per heavy atom. The Hall–Kier alpha value is -1.20. The van der Waals surface area contributed by atoms with Gasteiger partial charge < -0.3 is 10.1 Å². The molecule has 2 heterocycles. The van der Waals surface area contributed by atoms with Crippen molar-refractivity contribution in [1.29, 1.82) is 0 Å². The number of rotatable bonds is 3. The zero-order valence-corrected chi connectivity index (χ0v) is 10.7. The van der Waals surface area contributed by atoms with E-state index >= 15 is 0 Å². The number of hydrogen-bond donors (Lipinski definition) is 1. The van der Waals surface area contributed by atoms with Crippen molar-refractivity contribution in [3.05, 3.63) is 29.8 Å². The maximum Gasteiger partial charge on any atom is 0.129 e. The van der Waals surface area contributed by atoms with E-state index < -0.39 is 11.6 Å². The second kappa shape index (κ2) is 5.43. The molecule has 0 aliphatic carbocycles. The van der Waals surface area contributed by atoms with Crippen LogP contribution in [-0.2, 0) is 0 Å². The van der Waals surface area contributed by atoms with Gasteiger partial charge in [-0.05, 0) is 6.42 Å². The minimum atomic E-state index is -0.594. The fourth-order valence-corrected chi connectivity index (χ4v) is 3.01. The van der Waals surface area contributed by atoms with Gasteiger partial charge in [0.05, 0.1) is 6.61 Å². The van der Waals surface area contributed by atoms with Crippen LogP contribution in [0.1, 0.15) is 6.42 Å². The van der Waals surface area contributed by atoms with E-state index in [0.29, 0.717) is 18.6 Å². The topological polar surface area (TPSA) is 24.5 Å². The molecule has 0 bridgehead atoms. The van der Waals surface area contributed by atoms with Gasteiger partial charge in [0.15, 0.2) is 0 Å². The molecule has 0 saturated carbocycles. The van der Waals surface area contributed by atoms with Gasteiger partial charge in [-0.3, -0.25) is 4.90 Å². The van der Waals surface area contributed by atoms with Crippen LogP contribution < -0.4 is 10.1 Å². The number of piperazine rings is 1. The van der Waals surface area contributed by atoms with Crippen LogP contribution in [0.3, 0.4) is 0 Å². The largest absolute Gasteiger partial charge is 0.493 e. The Bertz CT molecular complexity index is 421. The van der Waals surface area contributed by atoms with Crippen LogP contribution >= 0.6 is 0 Å². The van der Waals surface area contributed by atoms with Gasteiger partial charge >= 0.3 is 0 Å². The van der Waals surface area contributed by atoms with Crippen LogP contribution in [-0.4, -0.2) is 43.7 Å². The molecule has 0 radical (unpaired) electrons. The van der Waals surface area contributed by atoms with Crippen LogP contribution in [0.15, 0.2) is 18.2 Å². The summed E-state index contributed by atoms with van der Waals surface area (Å²) in [5.74, 6) is -0.470. The summed E-state index contributed by atoms with van der Waals surface area (Å²) < 4.78 is 31.6. The number of fused-ring (bicyclic) bond motifs is 1. The molecule has 0 unspecified atom stereocenters. The third kappa shape index (κ3) is 3.04. The zero-order valence-electron chi connectivity index (χ0n) is 10.7. The quantitative estimate of drug-likeness (QED) is 0.902. The van der Waals surface area contributed by atoms with Crippen LogP contribution in [0, 0.1) is 17.6 Å². The summed E-state index contributed by atoms with van der Waals surface area (Å²) in [5.41, 5.74) is 0. The molecule has 0 amide bonds. The minimum Gasteiger partial charge on any atom is -0.493 e. The molecule has 19 heavy (non-hydrogen) atoms. The van der Waals surface area contributed by atoms with Gasteiger partial charge in [0.25, 0.3) is 0 Å². The average molecular weight is 268 g/mol. The molecule has 3 rings (SSSR count). The number of hydrogen-bond acceptors (Lipinski definition) is 3. The normalized spacial score (nSPS) is 27.3. The van der Waals surface area contributed by atoms with Gasteiger partial charge in [0.2, 0.25) is 0 Å². The van der Waals surface area contributed by atoms with Crippen LogP contribution in [0.2, 0.25) is 0 Å². The molecule has 2 atom stereocenters. The van der Waals surface area contributed by atoms with Crippen LogP contribution in [0.25, 0.3) is 0 Å². The lowest BCUT2D eigenvalue weighted by Gasteiger charge is -2.29. The molecule has 1 aromatic carbocycles. The summed E-state index contributed by atoms with van der Waals surface area (Å²) >= 11 is 0. The monoisotopic (exact) mass is 268 g/mol. The maximum atomic E-state index is 13.0. The molecular formula is C14H18F2N2O. The summed E-state index contributed by atoms with van der Waals surface area (Å²) in [4.78, 5) is 2.47. The highest BCUT2D eigenvalue weighted by molar-refractivity contribution is 5.23. The Labute approximate surface area is 111 Å². The first kappa shape index (κ1) is 12.8. The van der Waals surface area contributed by atoms with Crippen molar-refractivity contribution in [2.45, 2.75) is 12.5 Å². The summed E-state index contributed by atoms with van der Waals surface area (Å²) in [6.07, 6.45) is 1.09. The fraction of sp³-hybridized carbons (Fsp3) is 0.571. The number of benzene rings is 1. The molecule has 104 valence electrons. The minimum absolute atomic E-state index is 0.278. The molecule has 2 aliphatic heterocycles.